The predicted molar refractivity (Wildman–Crippen MR) is 106 cm³/mol. The van der Waals surface area contributed by atoms with E-state index in [0.717, 1.165) is 24.6 Å². The lowest BCUT2D eigenvalue weighted by Gasteiger charge is -2.29. The molecule has 1 aromatic carbocycles. The van der Waals surface area contributed by atoms with Crippen molar-refractivity contribution in [2.75, 3.05) is 5.32 Å². The molecule has 0 radical (unpaired) electrons. The summed E-state index contributed by atoms with van der Waals surface area (Å²) < 4.78 is 55.7. The van der Waals surface area contributed by atoms with Crippen LogP contribution in [0.3, 0.4) is 0 Å². The topological polar surface area (TPSA) is 42.0 Å². The first-order chi connectivity index (χ1) is 14.1. The van der Waals surface area contributed by atoms with Crippen LogP contribution in [0.25, 0.3) is 11.1 Å². The van der Waals surface area contributed by atoms with Gasteiger partial charge in [0, 0.05) is 42.0 Å². The summed E-state index contributed by atoms with van der Waals surface area (Å²) in [6, 6.07) is 4.64. The molecule has 4 rings (SSSR count). The second-order valence-corrected chi connectivity index (χ2v) is 9.11. The molecule has 2 aliphatic rings. The van der Waals surface area contributed by atoms with E-state index in [1.54, 1.807) is 0 Å². The molecule has 0 aliphatic heterocycles. The number of amides is 1. The van der Waals surface area contributed by atoms with Gasteiger partial charge in [0.25, 0.3) is 0 Å². The largest absolute Gasteiger partial charge is 0.324 e. The van der Waals surface area contributed by atoms with Crippen LogP contribution in [-0.2, 0) is 4.79 Å². The van der Waals surface area contributed by atoms with Crippen LogP contribution in [0.2, 0.25) is 0 Å². The highest BCUT2D eigenvalue weighted by Crippen LogP contribution is 2.52. The Hall–Kier alpha value is -2.44. The number of rotatable bonds is 4. The second kappa shape index (κ2) is 7.36. The maximum atomic E-state index is 14.5. The molecule has 2 fully saturated rings. The van der Waals surface area contributed by atoms with E-state index in [1.807, 2.05) is 13.8 Å². The molecule has 1 heterocycles. The van der Waals surface area contributed by atoms with Crippen molar-refractivity contribution in [2.24, 2.45) is 11.3 Å². The molecular weight excluding hydrogens is 396 g/mol. The number of nitrogens with zero attached hydrogens (tertiary/aromatic N) is 1. The molecule has 7 heteroatoms. The molecule has 1 atom stereocenters. The Balaban J connectivity index is 1.76. The van der Waals surface area contributed by atoms with Crippen LogP contribution in [0.4, 0.5) is 23.2 Å². The highest BCUT2D eigenvalue weighted by Gasteiger charge is 2.51. The average molecular weight is 420 g/mol. The SMILES string of the molecule is CC1(C)CC1C(=O)Nc1c(-c2cc(F)ccc2F)ccnc1C1CCC(F)(F)CC1. The van der Waals surface area contributed by atoms with E-state index in [-0.39, 0.29) is 54.4 Å². The zero-order chi connectivity index (χ0) is 21.7. The first kappa shape index (κ1) is 20.8. The maximum absolute atomic E-state index is 14.5. The van der Waals surface area contributed by atoms with Crippen molar-refractivity contribution in [3.63, 3.8) is 0 Å². The molecule has 1 aromatic heterocycles. The number of halogens is 4. The number of benzene rings is 1. The number of hydrogen-bond acceptors (Lipinski definition) is 2. The highest BCUT2D eigenvalue weighted by atomic mass is 19.3. The third-order valence-electron chi connectivity index (χ3n) is 6.38. The van der Waals surface area contributed by atoms with Gasteiger partial charge in [-0.15, -0.1) is 0 Å². The minimum Gasteiger partial charge on any atom is -0.324 e. The number of hydrogen-bond donors (Lipinski definition) is 1. The fourth-order valence-electron chi connectivity index (χ4n) is 4.29. The molecule has 0 spiro atoms. The van der Waals surface area contributed by atoms with Gasteiger partial charge in [0.2, 0.25) is 11.8 Å². The molecule has 160 valence electrons. The Kier molecular flexibility index (Phi) is 5.11. The van der Waals surface area contributed by atoms with Crippen molar-refractivity contribution in [2.45, 2.75) is 57.8 Å². The normalized spacial score (nSPS) is 22.5. The number of alkyl halides is 2. The fraction of sp³-hybridized carbons (Fsp3) is 0.478. The third-order valence-corrected chi connectivity index (χ3v) is 6.38. The summed E-state index contributed by atoms with van der Waals surface area (Å²) in [6.45, 7) is 3.97. The van der Waals surface area contributed by atoms with Crippen molar-refractivity contribution in [1.29, 1.82) is 0 Å². The maximum Gasteiger partial charge on any atom is 0.248 e. The fourth-order valence-corrected chi connectivity index (χ4v) is 4.29. The van der Waals surface area contributed by atoms with E-state index in [2.05, 4.69) is 10.3 Å². The molecule has 30 heavy (non-hydrogen) atoms. The summed E-state index contributed by atoms with van der Waals surface area (Å²) in [5, 5.41) is 2.88. The first-order valence-electron chi connectivity index (χ1n) is 10.2. The monoisotopic (exact) mass is 420 g/mol. The third kappa shape index (κ3) is 4.07. The van der Waals surface area contributed by atoms with E-state index in [1.165, 1.54) is 12.3 Å². The van der Waals surface area contributed by atoms with E-state index in [9.17, 15) is 22.4 Å². The molecule has 0 saturated heterocycles. The van der Waals surface area contributed by atoms with Crippen molar-refractivity contribution in [3.8, 4) is 11.1 Å². The van der Waals surface area contributed by atoms with Crippen molar-refractivity contribution in [1.82, 2.24) is 4.98 Å². The van der Waals surface area contributed by atoms with Gasteiger partial charge in [-0.2, -0.15) is 0 Å². The number of carbonyl (C=O) groups excluding carboxylic acids is 1. The quantitative estimate of drug-likeness (QED) is 0.590. The van der Waals surface area contributed by atoms with E-state index < -0.39 is 17.6 Å². The molecule has 2 aromatic rings. The van der Waals surface area contributed by atoms with Gasteiger partial charge in [0.15, 0.2) is 0 Å². The smallest absolute Gasteiger partial charge is 0.248 e. The molecular formula is C23H24F4N2O. The molecule has 3 nitrogen and oxygen atoms in total. The molecule has 2 saturated carbocycles. The number of anilines is 1. The lowest BCUT2D eigenvalue weighted by Crippen LogP contribution is -2.25. The van der Waals surface area contributed by atoms with Crippen molar-refractivity contribution in [3.05, 3.63) is 47.8 Å². The lowest BCUT2D eigenvalue weighted by molar-refractivity contribution is -0.118. The van der Waals surface area contributed by atoms with Gasteiger partial charge in [0.1, 0.15) is 11.6 Å². The van der Waals surface area contributed by atoms with Crippen molar-refractivity contribution >= 4 is 11.6 Å². The van der Waals surface area contributed by atoms with Crippen LogP contribution < -0.4 is 5.32 Å². The van der Waals surface area contributed by atoms with Gasteiger partial charge in [-0.3, -0.25) is 9.78 Å². The standard InChI is InChI=1S/C23H24F4N2O/c1-22(2)12-17(22)21(30)29-20-15(16-11-14(24)3-4-18(16)25)7-10-28-19(20)13-5-8-23(26,27)9-6-13/h3-4,7,10-11,13,17H,5-6,8-9,12H2,1-2H3,(H,29,30). The van der Waals surface area contributed by atoms with Gasteiger partial charge in [0.05, 0.1) is 11.4 Å². The Morgan fingerprint density at radius 2 is 1.77 bits per heavy atom. The molecule has 1 N–H and O–H groups in total. The van der Waals surface area contributed by atoms with E-state index >= 15 is 0 Å². The summed E-state index contributed by atoms with van der Waals surface area (Å²) in [6.07, 6.45) is 2.09. The Morgan fingerprint density at radius 1 is 1.10 bits per heavy atom. The second-order valence-electron chi connectivity index (χ2n) is 9.11. The highest BCUT2D eigenvalue weighted by molar-refractivity contribution is 5.99. The zero-order valence-electron chi connectivity index (χ0n) is 16.9. The van der Waals surface area contributed by atoms with Crippen LogP contribution in [0.15, 0.2) is 30.5 Å². The molecule has 1 unspecified atom stereocenters. The minimum atomic E-state index is -2.70. The lowest BCUT2D eigenvalue weighted by atomic mass is 9.83. The zero-order valence-corrected chi connectivity index (χ0v) is 16.9. The van der Waals surface area contributed by atoms with E-state index in [4.69, 9.17) is 0 Å². The molecule has 1 amide bonds. The summed E-state index contributed by atoms with van der Waals surface area (Å²) in [5.41, 5.74) is 0.943. The molecule has 2 aliphatic carbocycles. The minimum absolute atomic E-state index is 0.00477. The molecule has 0 bridgehead atoms. The summed E-state index contributed by atoms with van der Waals surface area (Å²) in [4.78, 5) is 17.2. The predicted octanol–water partition coefficient (Wildman–Crippen LogP) is 6.30. The number of aromatic nitrogens is 1. The van der Waals surface area contributed by atoms with Gasteiger partial charge >= 0.3 is 0 Å². The van der Waals surface area contributed by atoms with Crippen molar-refractivity contribution < 1.29 is 22.4 Å². The van der Waals surface area contributed by atoms with Gasteiger partial charge in [-0.1, -0.05) is 13.8 Å². The first-order valence-corrected chi connectivity index (χ1v) is 10.2. The number of nitrogens with one attached hydrogen (secondary N) is 1. The average Bonchev–Trinajstić information content (AvgIpc) is 3.33. The van der Waals surface area contributed by atoms with Gasteiger partial charge < -0.3 is 5.32 Å². The Morgan fingerprint density at radius 3 is 2.40 bits per heavy atom. The van der Waals surface area contributed by atoms with Crippen LogP contribution in [0.1, 0.15) is 57.6 Å². The van der Waals surface area contributed by atoms with Crippen LogP contribution in [-0.4, -0.2) is 16.8 Å². The summed E-state index contributed by atoms with van der Waals surface area (Å²) in [7, 11) is 0. The van der Waals surface area contributed by atoms with E-state index in [0.29, 0.717) is 16.9 Å². The van der Waals surface area contributed by atoms with Gasteiger partial charge in [-0.05, 0) is 48.9 Å². The number of carbonyl (C=O) groups is 1. The summed E-state index contributed by atoms with van der Waals surface area (Å²) >= 11 is 0. The summed E-state index contributed by atoms with van der Waals surface area (Å²) in [5.74, 6) is -4.64. The Labute approximate surface area is 172 Å². The van der Waals surface area contributed by atoms with Crippen LogP contribution in [0.5, 0.6) is 0 Å². The van der Waals surface area contributed by atoms with Crippen LogP contribution >= 0.6 is 0 Å². The Bertz CT molecular complexity index is 979. The van der Waals surface area contributed by atoms with Crippen LogP contribution in [0, 0.1) is 23.0 Å². The van der Waals surface area contributed by atoms with Gasteiger partial charge in [-0.25, -0.2) is 17.6 Å². The number of pyridine rings is 1.